The van der Waals surface area contributed by atoms with Crippen molar-refractivity contribution in [1.82, 2.24) is 19.9 Å². The second-order valence-corrected chi connectivity index (χ2v) is 9.22. The van der Waals surface area contributed by atoms with E-state index >= 15 is 0 Å². The van der Waals surface area contributed by atoms with E-state index in [-0.39, 0.29) is 29.8 Å². The molecular formula is C21H26N4O4S. The first-order chi connectivity index (χ1) is 14.4. The fourth-order valence-corrected chi connectivity index (χ4v) is 4.89. The number of nitrogens with zero attached hydrogens (tertiary/aromatic N) is 2. The van der Waals surface area contributed by atoms with E-state index in [0.29, 0.717) is 19.4 Å². The first-order valence-electron chi connectivity index (χ1n) is 9.91. The quantitative estimate of drug-likeness (QED) is 0.688. The van der Waals surface area contributed by atoms with E-state index in [1.807, 2.05) is 6.07 Å². The summed E-state index contributed by atoms with van der Waals surface area (Å²) in [5.74, 6) is -1.13. The summed E-state index contributed by atoms with van der Waals surface area (Å²) in [7, 11) is -3.65. The van der Waals surface area contributed by atoms with Crippen LogP contribution in [0.1, 0.15) is 25.5 Å². The van der Waals surface area contributed by atoms with Crippen LogP contribution in [0, 0.1) is 5.92 Å². The predicted octanol–water partition coefficient (Wildman–Crippen LogP) is 1.30. The summed E-state index contributed by atoms with van der Waals surface area (Å²) in [6.45, 7) is 2.35. The normalized spacial score (nSPS) is 18.4. The molecule has 2 aromatic rings. The van der Waals surface area contributed by atoms with Gasteiger partial charge in [0.1, 0.15) is 6.04 Å². The molecule has 0 radical (unpaired) electrons. The third kappa shape index (κ3) is 5.43. The first-order valence-corrected chi connectivity index (χ1v) is 11.3. The van der Waals surface area contributed by atoms with Crippen molar-refractivity contribution in [3.63, 3.8) is 0 Å². The van der Waals surface area contributed by atoms with E-state index in [0.717, 1.165) is 5.69 Å². The standard InChI is InChI=1S/C21H26N4O4S/c1-16(20(26)23-14-18-9-5-6-12-22-18)24-21(27)17-8-7-13-25(15-17)30(28,29)19-10-3-2-4-11-19/h2-6,9-12,16-17H,7-8,13-15H2,1H3,(H,23,26)(H,24,27)/t16-,17-/m0/s1. The van der Waals surface area contributed by atoms with Crippen LogP contribution in [0.5, 0.6) is 0 Å². The van der Waals surface area contributed by atoms with Crippen molar-refractivity contribution in [3.05, 3.63) is 60.4 Å². The molecule has 0 unspecified atom stereocenters. The highest BCUT2D eigenvalue weighted by molar-refractivity contribution is 7.89. The number of amides is 2. The molecule has 3 rings (SSSR count). The van der Waals surface area contributed by atoms with Crippen molar-refractivity contribution in [2.24, 2.45) is 5.92 Å². The number of nitrogens with one attached hydrogen (secondary N) is 2. The van der Waals surface area contributed by atoms with Crippen LogP contribution in [0.3, 0.4) is 0 Å². The van der Waals surface area contributed by atoms with E-state index in [4.69, 9.17) is 0 Å². The molecule has 8 nitrogen and oxygen atoms in total. The molecule has 1 saturated heterocycles. The molecule has 160 valence electrons. The Balaban J connectivity index is 1.55. The Kier molecular flexibility index (Phi) is 7.17. The third-order valence-corrected chi connectivity index (χ3v) is 6.94. The fourth-order valence-electron chi connectivity index (χ4n) is 3.35. The van der Waals surface area contributed by atoms with Gasteiger partial charge in [-0.25, -0.2) is 8.42 Å². The van der Waals surface area contributed by atoms with Crippen molar-refractivity contribution >= 4 is 21.8 Å². The molecule has 0 saturated carbocycles. The van der Waals surface area contributed by atoms with Crippen LogP contribution in [0.4, 0.5) is 0 Å². The molecule has 1 fully saturated rings. The van der Waals surface area contributed by atoms with E-state index in [1.165, 1.54) is 4.31 Å². The third-order valence-electron chi connectivity index (χ3n) is 5.06. The van der Waals surface area contributed by atoms with Crippen molar-refractivity contribution in [2.45, 2.75) is 37.2 Å². The van der Waals surface area contributed by atoms with Crippen LogP contribution in [0.25, 0.3) is 0 Å². The van der Waals surface area contributed by atoms with Gasteiger partial charge in [0.15, 0.2) is 0 Å². The van der Waals surface area contributed by atoms with Gasteiger partial charge in [-0.3, -0.25) is 14.6 Å². The van der Waals surface area contributed by atoms with Gasteiger partial charge >= 0.3 is 0 Å². The first kappa shape index (κ1) is 21.9. The molecule has 0 aliphatic carbocycles. The summed E-state index contributed by atoms with van der Waals surface area (Å²) >= 11 is 0. The fraction of sp³-hybridized carbons (Fsp3) is 0.381. The van der Waals surface area contributed by atoms with Crippen LogP contribution in [0.2, 0.25) is 0 Å². The number of carbonyl (C=O) groups is 2. The van der Waals surface area contributed by atoms with Crippen LogP contribution in [-0.4, -0.2) is 48.7 Å². The second kappa shape index (κ2) is 9.82. The molecule has 1 aromatic heterocycles. The number of hydrogen-bond acceptors (Lipinski definition) is 5. The molecule has 30 heavy (non-hydrogen) atoms. The molecule has 1 aliphatic rings. The summed E-state index contributed by atoms with van der Waals surface area (Å²) < 4.78 is 27.0. The zero-order valence-corrected chi connectivity index (χ0v) is 17.6. The van der Waals surface area contributed by atoms with Crippen LogP contribution in [-0.2, 0) is 26.2 Å². The average molecular weight is 431 g/mol. The summed E-state index contributed by atoms with van der Waals surface area (Å²) in [4.78, 5) is 29.3. The summed E-state index contributed by atoms with van der Waals surface area (Å²) in [6, 6.07) is 12.9. The Morgan fingerprint density at radius 1 is 1.17 bits per heavy atom. The Labute approximate surface area is 176 Å². The van der Waals surface area contributed by atoms with E-state index in [1.54, 1.807) is 55.6 Å². The maximum absolute atomic E-state index is 12.8. The highest BCUT2D eigenvalue weighted by Crippen LogP contribution is 2.23. The highest BCUT2D eigenvalue weighted by atomic mass is 32.2. The molecule has 1 aliphatic heterocycles. The summed E-state index contributed by atoms with van der Waals surface area (Å²) in [5.41, 5.74) is 0.721. The lowest BCUT2D eigenvalue weighted by atomic mass is 9.98. The minimum atomic E-state index is -3.65. The number of carbonyl (C=O) groups excluding carboxylic acids is 2. The Morgan fingerprint density at radius 2 is 1.90 bits per heavy atom. The summed E-state index contributed by atoms with van der Waals surface area (Å²) in [5, 5.41) is 5.44. The van der Waals surface area contributed by atoms with Crippen LogP contribution in [0.15, 0.2) is 59.6 Å². The van der Waals surface area contributed by atoms with Crippen LogP contribution >= 0.6 is 0 Å². The van der Waals surface area contributed by atoms with Gasteiger partial charge in [-0.05, 0) is 44.0 Å². The van der Waals surface area contributed by atoms with E-state index in [2.05, 4.69) is 15.6 Å². The monoisotopic (exact) mass is 430 g/mol. The van der Waals surface area contributed by atoms with Crippen molar-refractivity contribution in [2.75, 3.05) is 13.1 Å². The number of hydrogen-bond donors (Lipinski definition) is 2. The van der Waals surface area contributed by atoms with Crippen molar-refractivity contribution in [1.29, 1.82) is 0 Å². The SMILES string of the molecule is C[C@H](NC(=O)[C@H]1CCCN(S(=O)(=O)c2ccccc2)C1)C(=O)NCc1ccccn1. The van der Waals surface area contributed by atoms with Gasteiger partial charge in [0.25, 0.3) is 0 Å². The number of sulfonamides is 1. The molecule has 2 N–H and O–H groups in total. The highest BCUT2D eigenvalue weighted by Gasteiger charge is 2.34. The molecule has 0 spiro atoms. The number of piperidine rings is 1. The van der Waals surface area contributed by atoms with E-state index < -0.39 is 22.0 Å². The maximum Gasteiger partial charge on any atom is 0.243 e. The van der Waals surface area contributed by atoms with E-state index in [9.17, 15) is 18.0 Å². The molecular weight excluding hydrogens is 404 g/mol. The van der Waals surface area contributed by atoms with Gasteiger partial charge in [-0.15, -0.1) is 0 Å². The predicted molar refractivity (Wildman–Crippen MR) is 112 cm³/mol. The largest absolute Gasteiger partial charge is 0.349 e. The topological polar surface area (TPSA) is 108 Å². The minimum Gasteiger partial charge on any atom is -0.349 e. The molecule has 0 bridgehead atoms. The Morgan fingerprint density at radius 3 is 2.60 bits per heavy atom. The van der Waals surface area contributed by atoms with Gasteiger partial charge in [-0.2, -0.15) is 4.31 Å². The lowest BCUT2D eigenvalue weighted by molar-refractivity contribution is -0.131. The molecule has 9 heteroatoms. The zero-order valence-electron chi connectivity index (χ0n) is 16.8. The molecule has 1 aromatic carbocycles. The minimum absolute atomic E-state index is 0.103. The van der Waals surface area contributed by atoms with Gasteiger partial charge < -0.3 is 10.6 Å². The average Bonchev–Trinajstić information content (AvgIpc) is 2.78. The Hall–Kier alpha value is -2.78. The molecule has 2 heterocycles. The summed E-state index contributed by atoms with van der Waals surface area (Å²) in [6.07, 6.45) is 2.81. The lowest BCUT2D eigenvalue weighted by Gasteiger charge is -2.31. The molecule has 2 amide bonds. The Bertz CT molecular complexity index is 967. The zero-order chi connectivity index (χ0) is 21.6. The van der Waals surface area contributed by atoms with Gasteiger partial charge in [0, 0.05) is 19.3 Å². The maximum atomic E-state index is 12.8. The van der Waals surface area contributed by atoms with Crippen molar-refractivity contribution < 1.29 is 18.0 Å². The number of pyridine rings is 1. The number of benzene rings is 1. The van der Waals surface area contributed by atoms with Gasteiger partial charge in [-0.1, -0.05) is 24.3 Å². The molecule has 2 atom stereocenters. The number of aromatic nitrogens is 1. The lowest BCUT2D eigenvalue weighted by Crippen LogP contribution is -2.50. The van der Waals surface area contributed by atoms with Gasteiger partial charge in [0.05, 0.1) is 23.1 Å². The smallest absolute Gasteiger partial charge is 0.243 e. The van der Waals surface area contributed by atoms with Gasteiger partial charge in [0.2, 0.25) is 21.8 Å². The second-order valence-electron chi connectivity index (χ2n) is 7.28. The van der Waals surface area contributed by atoms with Crippen molar-refractivity contribution in [3.8, 4) is 0 Å². The number of rotatable bonds is 7. The van der Waals surface area contributed by atoms with Crippen LogP contribution < -0.4 is 10.6 Å².